The van der Waals surface area contributed by atoms with Crippen LogP contribution in [-0.4, -0.2) is 128 Å². The summed E-state index contributed by atoms with van der Waals surface area (Å²) < 4.78 is 41.2. The van der Waals surface area contributed by atoms with Gasteiger partial charge in [-0.1, -0.05) is 111 Å². The number of nitrogens with two attached hydrogens (primary N) is 1. The lowest BCUT2D eigenvalue weighted by molar-refractivity contribution is -0.141. The van der Waals surface area contributed by atoms with Crippen LogP contribution >= 0.6 is 0 Å². The summed E-state index contributed by atoms with van der Waals surface area (Å²) in [5.74, 6) is -4.63. The molecule has 76 heavy (non-hydrogen) atoms. The molecule has 0 spiro atoms. The number of ether oxygens (including phenoxy) is 2. The number of benzene rings is 2. The van der Waals surface area contributed by atoms with Gasteiger partial charge in [-0.25, -0.2) is 27.5 Å². The summed E-state index contributed by atoms with van der Waals surface area (Å²) in [5.41, 5.74) is 1.98. The van der Waals surface area contributed by atoms with E-state index in [1.165, 1.54) is 55.1 Å². The van der Waals surface area contributed by atoms with Crippen LogP contribution in [0.1, 0.15) is 129 Å². The fraction of sp³-hybridized carbons (Fsp3) is 0.593. The molecule has 0 radical (unpaired) electrons. The molecular weight excluding hydrogens is 999 g/mol. The number of likely N-dealkylation sites (N-methyl/N-ethyl adjacent to an activating group) is 2. The predicted octanol–water partition coefficient (Wildman–Crippen LogP) is 6.09. The molecule has 0 fully saturated rings. The Morgan fingerprint density at radius 1 is 0.697 bits per heavy atom. The van der Waals surface area contributed by atoms with Crippen LogP contribution in [0.4, 0.5) is 20.1 Å². The average molecular weight is 1080 g/mol. The molecule has 2 aromatic rings. The summed E-state index contributed by atoms with van der Waals surface area (Å²) in [7, 11) is -1.76. The van der Waals surface area contributed by atoms with Crippen molar-refractivity contribution in [1.82, 2.24) is 35.8 Å². The first-order valence-electron chi connectivity index (χ1n) is 25.3. The second kappa shape index (κ2) is 26.9. The van der Waals surface area contributed by atoms with Gasteiger partial charge in [0.1, 0.15) is 40.3 Å². The Morgan fingerprint density at radius 2 is 1.25 bits per heavy atom. The highest BCUT2D eigenvalue weighted by molar-refractivity contribution is 7.90. The summed E-state index contributed by atoms with van der Waals surface area (Å²) in [5, 5.41) is 13.1. The molecule has 0 bridgehead atoms. The number of nitrogens with one attached hydrogen (secondary N) is 6. The summed E-state index contributed by atoms with van der Waals surface area (Å²) in [4.78, 5) is 111. The molecular formula is C54H85N9O12S. The molecule has 0 aliphatic carbocycles. The Morgan fingerprint density at radius 3 is 1.76 bits per heavy atom. The minimum absolute atomic E-state index is 0.0290. The molecule has 8 N–H and O–H groups in total. The SMILES string of the molecule is C/C(=C\[C@H](C(C)C)N(C)C(=O)[C@@H](NC(=O)[C@@H](N(C)C(=O)OC(C)(C)C)C(C)(C)c1ccccc1)C(C)(C)C)C(=O)NS(=O)(=O)c1ccccc1NC(=O)[C@H](CCCNC(N)=O)NC(=O)[C@@H](NC(=O)OC(C)(C)C)C(C)C. The Labute approximate surface area is 450 Å². The first kappa shape index (κ1) is 65.4. The maximum atomic E-state index is 14.7. The van der Waals surface area contributed by atoms with E-state index in [9.17, 15) is 46.8 Å². The third-order valence-corrected chi connectivity index (χ3v) is 13.4. The summed E-state index contributed by atoms with van der Waals surface area (Å²) >= 11 is 0. The van der Waals surface area contributed by atoms with Crippen molar-refractivity contribution >= 4 is 63.5 Å². The lowest BCUT2D eigenvalue weighted by atomic mass is 9.76. The minimum Gasteiger partial charge on any atom is -0.444 e. The largest absolute Gasteiger partial charge is 0.444 e. The van der Waals surface area contributed by atoms with Crippen LogP contribution in [0.15, 0.2) is 71.1 Å². The first-order chi connectivity index (χ1) is 34.7. The molecule has 2 aromatic carbocycles. The molecule has 5 atom stereocenters. The van der Waals surface area contributed by atoms with E-state index >= 15 is 0 Å². The smallest absolute Gasteiger partial charge is 0.410 e. The molecule has 21 nitrogen and oxygen atoms in total. The number of carbonyl (C=O) groups is 8. The Balaban J connectivity index is 2.49. The first-order valence-corrected chi connectivity index (χ1v) is 26.8. The molecule has 0 saturated carbocycles. The van der Waals surface area contributed by atoms with Crippen LogP contribution in [0.3, 0.4) is 0 Å². The summed E-state index contributed by atoms with van der Waals surface area (Å²) in [6.07, 6.45) is -0.0945. The molecule has 0 heterocycles. The number of nitrogens with zero attached hydrogens (tertiary/aromatic N) is 2. The maximum Gasteiger partial charge on any atom is 0.410 e. The van der Waals surface area contributed by atoms with Gasteiger partial charge in [0, 0.05) is 31.6 Å². The topological polar surface area (TPSA) is 294 Å². The molecule has 424 valence electrons. The number of hydrogen-bond donors (Lipinski definition) is 7. The highest BCUT2D eigenvalue weighted by Gasteiger charge is 2.46. The van der Waals surface area contributed by atoms with Gasteiger partial charge < -0.3 is 46.7 Å². The predicted molar refractivity (Wildman–Crippen MR) is 291 cm³/mol. The van der Waals surface area contributed by atoms with Gasteiger partial charge in [-0.05, 0) is 96.3 Å². The molecule has 0 aromatic heterocycles. The Hall–Kier alpha value is -6.71. The zero-order valence-electron chi connectivity index (χ0n) is 47.7. The monoisotopic (exact) mass is 1080 g/mol. The van der Waals surface area contributed by atoms with Crippen molar-refractivity contribution in [3.8, 4) is 0 Å². The van der Waals surface area contributed by atoms with Gasteiger partial charge in [0.15, 0.2) is 0 Å². The fourth-order valence-corrected chi connectivity index (χ4v) is 9.24. The zero-order chi connectivity index (χ0) is 58.5. The van der Waals surface area contributed by atoms with Crippen LogP contribution < -0.4 is 37.0 Å². The Bertz CT molecular complexity index is 2530. The standard InChI is InChI=1S/C54H85N9O12S/c1-32(2)38(62(17)47(68)41(51(6,7)8)60-46(67)42(63(18)50(71)75-53(12,13)14)54(15,16)35-25-20-19-21-26-35)31-34(5)43(64)61-76(72,73)39-29-23-22-27-36(39)57-44(65)37(28-24-30-56-48(55)69)58-45(66)40(33(3)4)59-49(70)74-52(9,10)11/h19-23,25-27,29,31-33,37-38,40-42H,24,28,30H2,1-18H3,(H,57,65)(H,58,66)(H,59,70)(H,60,67)(H,61,64)(H3,55,56,69)/b34-31+/t37-,38+,40-,41+,42+/m0/s1. The Kier molecular flexibility index (Phi) is 23.1. The third kappa shape index (κ3) is 19.8. The van der Waals surface area contributed by atoms with Crippen molar-refractivity contribution in [2.75, 3.05) is 26.0 Å². The molecule has 9 amide bonds. The third-order valence-electron chi connectivity index (χ3n) is 12.1. The van der Waals surface area contributed by atoms with Crippen molar-refractivity contribution < 1.29 is 56.2 Å². The number of anilines is 1. The number of primary amides is 1. The number of alkyl carbamates (subject to hydrolysis) is 1. The number of carbonyl (C=O) groups excluding carboxylic acids is 8. The van der Waals surface area contributed by atoms with Gasteiger partial charge in [-0.3, -0.25) is 28.9 Å². The van der Waals surface area contributed by atoms with E-state index in [-0.39, 0.29) is 36.6 Å². The number of sulfonamides is 1. The number of rotatable bonds is 22. The molecule has 0 saturated heterocycles. The van der Waals surface area contributed by atoms with E-state index < -0.39 is 121 Å². The molecule has 22 heteroatoms. The van der Waals surface area contributed by atoms with E-state index in [2.05, 4.69) is 31.3 Å². The van der Waals surface area contributed by atoms with Crippen molar-refractivity contribution in [3.63, 3.8) is 0 Å². The van der Waals surface area contributed by atoms with Gasteiger partial charge in [-0.2, -0.15) is 0 Å². The van der Waals surface area contributed by atoms with Crippen LogP contribution in [-0.2, 0) is 48.9 Å². The lowest BCUT2D eigenvalue weighted by Crippen LogP contribution is -2.63. The molecule has 0 aliphatic rings. The van der Waals surface area contributed by atoms with Gasteiger partial charge in [-0.15, -0.1) is 0 Å². The van der Waals surface area contributed by atoms with E-state index in [1.54, 1.807) is 90.0 Å². The molecule has 2 rings (SSSR count). The number of hydrogen-bond acceptors (Lipinski definition) is 12. The van der Waals surface area contributed by atoms with E-state index in [0.29, 0.717) is 0 Å². The molecule has 0 aliphatic heterocycles. The van der Waals surface area contributed by atoms with Crippen molar-refractivity contribution in [3.05, 3.63) is 71.8 Å². The number of urea groups is 1. The van der Waals surface area contributed by atoms with Gasteiger partial charge >= 0.3 is 18.2 Å². The van der Waals surface area contributed by atoms with E-state index in [4.69, 9.17) is 15.2 Å². The maximum absolute atomic E-state index is 14.7. The van der Waals surface area contributed by atoms with Gasteiger partial charge in [0.05, 0.1) is 11.7 Å². The second-order valence-electron chi connectivity index (χ2n) is 23.2. The quantitative estimate of drug-likeness (QED) is 0.0521. The zero-order valence-corrected chi connectivity index (χ0v) is 48.5. The van der Waals surface area contributed by atoms with Crippen LogP contribution in [0.5, 0.6) is 0 Å². The summed E-state index contributed by atoms with van der Waals surface area (Å²) in [6, 6.07) is 7.98. The second-order valence-corrected chi connectivity index (χ2v) is 24.9. The lowest BCUT2D eigenvalue weighted by Gasteiger charge is -2.42. The van der Waals surface area contributed by atoms with Crippen LogP contribution in [0.25, 0.3) is 0 Å². The van der Waals surface area contributed by atoms with Crippen LogP contribution in [0.2, 0.25) is 0 Å². The average Bonchev–Trinajstić information content (AvgIpc) is 3.27. The van der Waals surface area contributed by atoms with Gasteiger partial charge in [0.25, 0.3) is 15.9 Å². The van der Waals surface area contributed by atoms with E-state index in [0.717, 1.165) is 11.6 Å². The fourth-order valence-electron chi connectivity index (χ4n) is 8.06. The van der Waals surface area contributed by atoms with Crippen LogP contribution in [0, 0.1) is 17.3 Å². The highest BCUT2D eigenvalue weighted by Crippen LogP contribution is 2.33. The summed E-state index contributed by atoms with van der Waals surface area (Å²) in [6.45, 7) is 27.4. The van der Waals surface area contributed by atoms with Crippen molar-refractivity contribution in [2.24, 2.45) is 23.0 Å². The number of amides is 9. The van der Waals surface area contributed by atoms with E-state index in [1.807, 2.05) is 44.2 Å². The highest BCUT2D eigenvalue weighted by atomic mass is 32.2. The van der Waals surface area contributed by atoms with Crippen molar-refractivity contribution in [2.45, 2.75) is 175 Å². The van der Waals surface area contributed by atoms with Crippen molar-refractivity contribution in [1.29, 1.82) is 0 Å². The minimum atomic E-state index is -4.75. The molecule has 0 unspecified atom stereocenters. The van der Waals surface area contributed by atoms with Gasteiger partial charge in [0.2, 0.25) is 23.6 Å². The number of para-hydroxylation sites is 1. The normalized spacial score (nSPS) is 14.4.